The first-order valence-corrected chi connectivity index (χ1v) is 9.17. The van der Waals surface area contributed by atoms with E-state index in [0.717, 1.165) is 54.2 Å². The van der Waals surface area contributed by atoms with E-state index in [1.165, 1.54) is 12.8 Å². The zero-order valence-corrected chi connectivity index (χ0v) is 14.9. The molecule has 0 amide bonds. The second kappa shape index (κ2) is 7.04. The lowest BCUT2D eigenvalue weighted by atomic mass is 10.0. The Bertz CT molecular complexity index is 945. The molecule has 0 bridgehead atoms. The minimum atomic E-state index is 0.584. The van der Waals surface area contributed by atoms with E-state index in [9.17, 15) is 5.26 Å². The van der Waals surface area contributed by atoms with Crippen molar-refractivity contribution < 1.29 is 0 Å². The van der Waals surface area contributed by atoms with Gasteiger partial charge in [0.1, 0.15) is 11.9 Å². The van der Waals surface area contributed by atoms with Gasteiger partial charge in [0.05, 0.1) is 29.2 Å². The van der Waals surface area contributed by atoms with Gasteiger partial charge in [0, 0.05) is 37.0 Å². The Morgan fingerprint density at radius 2 is 2.08 bits per heavy atom. The lowest BCUT2D eigenvalue weighted by Gasteiger charge is -2.19. The highest BCUT2D eigenvalue weighted by Crippen LogP contribution is 2.32. The molecular formula is C20H22N6. The average Bonchev–Trinajstić information content (AvgIpc) is 3.35. The highest BCUT2D eigenvalue weighted by molar-refractivity contribution is 5.86. The predicted molar refractivity (Wildman–Crippen MR) is 103 cm³/mol. The van der Waals surface area contributed by atoms with Crippen LogP contribution in [0.15, 0.2) is 36.8 Å². The van der Waals surface area contributed by atoms with Gasteiger partial charge in [-0.25, -0.2) is 9.50 Å². The van der Waals surface area contributed by atoms with Crippen molar-refractivity contribution in [2.45, 2.75) is 26.2 Å². The third-order valence-electron chi connectivity index (χ3n) is 4.82. The molecule has 4 heterocycles. The van der Waals surface area contributed by atoms with Crippen LogP contribution in [0.2, 0.25) is 0 Å². The number of pyridine rings is 2. The minimum Gasteiger partial charge on any atom is -0.370 e. The third-order valence-corrected chi connectivity index (χ3v) is 4.82. The summed E-state index contributed by atoms with van der Waals surface area (Å²) >= 11 is 0. The van der Waals surface area contributed by atoms with E-state index in [0.29, 0.717) is 5.56 Å². The molecule has 0 radical (unpaired) electrons. The highest BCUT2D eigenvalue weighted by Gasteiger charge is 2.18. The number of anilines is 2. The topological polar surface area (TPSA) is 69.2 Å². The van der Waals surface area contributed by atoms with Gasteiger partial charge in [0.25, 0.3) is 0 Å². The molecular weight excluding hydrogens is 324 g/mol. The Kier molecular flexibility index (Phi) is 4.44. The zero-order chi connectivity index (χ0) is 17.9. The number of hydrogen-bond acceptors (Lipinski definition) is 5. The maximum absolute atomic E-state index is 9.48. The summed E-state index contributed by atoms with van der Waals surface area (Å²) in [5.41, 5.74) is 4.56. The first-order valence-electron chi connectivity index (χ1n) is 9.17. The molecule has 0 saturated carbocycles. The SMILES string of the molecule is CCCNc1ccc(-c2cc(N3CCCC3)cn3ncc(C#N)c23)cn1. The molecule has 1 aliphatic heterocycles. The summed E-state index contributed by atoms with van der Waals surface area (Å²) in [7, 11) is 0. The standard InChI is InChI=1S/C20H22N6/c1-2-7-22-19-6-5-15(12-23-19)18-10-17(25-8-3-4-9-25)14-26-20(18)16(11-21)13-24-26/h5-6,10,12-14H,2-4,7-9H2,1H3,(H,22,23). The Hall–Kier alpha value is -3.07. The largest absolute Gasteiger partial charge is 0.370 e. The lowest BCUT2D eigenvalue weighted by molar-refractivity contribution is 0.918. The normalized spacial score (nSPS) is 13.9. The quantitative estimate of drug-likeness (QED) is 0.763. The summed E-state index contributed by atoms with van der Waals surface area (Å²) in [6.45, 7) is 5.16. The van der Waals surface area contributed by atoms with E-state index in [4.69, 9.17) is 0 Å². The molecule has 26 heavy (non-hydrogen) atoms. The van der Waals surface area contributed by atoms with Crippen LogP contribution in [0.5, 0.6) is 0 Å². The molecule has 1 saturated heterocycles. The van der Waals surface area contributed by atoms with Gasteiger partial charge in [-0.15, -0.1) is 0 Å². The van der Waals surface area contributed by atoms with Crippen molar-refractivity contribution in [1.29, 1.82) is 5.26 Å². The molecule has 0 spiro atoms. The van der Waals surface area contributed by atoms with E-state index in [-0.39, 0.29) is 0 Å². The summed E-state index contributed by atoms with van der Waals surface area (Å²) in [6.07, 6.45) is 9.02. The molecule has 0 unspecified atom stereocenters. The fraction of sp³-hybridized carbons (Fsp3) is 0.350. The molecule has 0 aliphatic carbocycles. The minimum absolute atomic E-state index is 0.584. The van der Waals surface area contributed by atoms with Gasteiger partial charge in [-0.3, -0.25) is 0 Å². The molecule has 1 aliphatic rings. The monoisotopic (exact) mass is 346 g/mol. The number of rotatable bonds is 5. The van der Waals surface area contributed by atoms with Crippen molar-refractivity contribution in [3.8, 4) is 17.2 Å². The number of nitriles is 1. The van der Waals surface area contributed by atoms with Crippen LogP contribution < -0.4 is 10.2 Å². The van der Waals surface area contributed by atoms with Crippen molar-refractivity contribution in [1.82, 2.24) is 14.6 Å². The Labute approximate surface area is 153 Å². The first kappa shape index (κ1) is 16.4. The summed E-state index contributed by atoms with van der Waals surface area (Å²) < 4.78 is 1.82. The number of aromatic nitrogens is 3. The van der Waals surface area contributed by atoms with E-state index in [2.05, 4.69) is 45.4 Å². The van der Waals surface area contributed by atoms with Gasteiger partial charge in [0.2, 0.25) is 0 Å². The van der Waals surface area contributed by atoms with Gasteiger partial charge in [-0.2, -0.15) is 10.4 Å². The van der Waals surface area contributed by atoms with Gasteiger partial charge in [0.15, 0.2) is 0 Å². The fourth-order valence-corrected chi connectivity index (χ4v) is 3.47. The van der Waals surface area contributed by atoms with Crippen LogP contribution in [0.25, 0.3) is 16.6 Å². The van der Waals surface area contributed by atoms with Crippen molar-refractivity contribution in [2.24, 2.45) is 0 Å². The van der Waals surface area contributed by atoms with Gasteiger partial charge < -0.3 is 10.2 Å². The molecule has 1 N–H and O–H groups in total. The van der Waals surface area contributed by atoms with Crippen LogP contribution in [0.1, 0.15) is 31.7 Å². The van der Waals surface area contributed by atoms with Crippen LogP contribution in [0.3, 0.4) is 0 Å². The maximum atomic E-state index is 9.48. The Balaban J connectivity index is 1.81. The molecule has 0 aromatic carbocycles. The van der Waals surface area contributed by atoms with Gasteiger partial charge in [-0.1, -0.05) is 6.92 Å². The van der Waals surface area contributed by atoms with E-state index in [1.54, 1.807) is 6.20 Å². The predicted octanol–water partition coefficient (Wildman–Crippen LogP) is 3.69. The highest BCUT2D eigenvalue weighted by atomic mass is 15.2. The average molecular weight is 346 g/mol. The van der Waals surface area contributed by atoms with Crippen molar-refractivity contribution in [3.63, 3.8) is 0 Å². The Morgan fingerprint density at radius 3 is 2.77 bits per heavy atom. The summed E-state index contributed by atoms with van der Waals surface area (Å²) in [5, 5.41) is 17.2. The van der Waals surface area contributed by atoms with Crippen LogP contribution in [-0.2, 0) is 0 Å². The van der Waals surface area contributed by atoms with Crippen LogP contribution >= 0.6 is 0 Å². The number of nitrogens with one attached hydrogen (secondary N) is 1. The van der Waals surface area contributed by atoms with Crippen molar-refractivity contribution in [3.05, 3.63) is 42.4 Å². The Morgan fingerprint density at radius 1 is 1.23 bits per heavy atom. The summed E-state index contributed by atoms with van der Waals surface area (Å²) in [6, 6.07) is 8.48. The zero-order valence-electron chi connectivity index (χ0n) is 14.9. The van der Waals surface area contributed by atoms with Crippen LogP contribution in [0, 0.1) is 11.3 Å². The molecule has 4 rings (SSSR count). The second-order valence-electron chi connectivity index (χ2n) is 6.63. The van der Waals surface area contributed by atoms with Crippen molar-refractivity contribution >= 4 is 17.0 Å². The number of fused-ring (bicyclic) bond motifs is 1. The second-order valence-corrected chi connectivity index (χ2v) is 6.63. The molecule has 3 aromatic rings. The smallest absolute Gasteiger partial charge is 0.125 e. The molecule has 0 atom stereocenters. The van der Waals surface area contributed by atoms with Gasteiger partial charge in [-0.05, 0) is 37.5 Å². The molecule has 3 aromatic heterocycles. The van der Waals surface area contributed by atoms with E-state index in [1.807, 2.05) is 23.0 Å². The molecule has 132 valence electrons. The van der Waals surface area contributed by atoms with Crippen molar-refractivity contribution in [2.75, 3.05) is 29.9 Å². The first-order chi connectivity index (χ1) is 12.8. The lowest BCUT2D eigenvalue weighted by Crippen LogP contribution is -2.18. The van der Waals surface area contributed by atoms with Crippen LogP contribution in [-0.4, -0.2) is 34.2 Å². The maximum Gasteiger partial charge on any atom is 0.125 e. The molecule has 6 heteroatoms. The van der Waals surface area contributed by atoms with Crippen LogP contribution in [0.4, 0.5) is 11.5 Å². The van der Waals surface area contributed by atoms with E-state index >= 15 is 0 Å². The molecule has 1 fully saturated rings. The number of nitrogens with zero attached hydrogens (tertiary/aromatic N) is 5. The number of hydrogen-bond donors (Lipinski definition) is 1. The summed E-state index contributed by atoms with van der Waals surface area (Å²) in [4.78, 5) is 6.91. The summed E-state index contributed by atoms with van der Waals surface area (Å²) in [5.74, 6) is 0.872. The fourth-order valence-electron chi connectivity index (χ4n) is 3.47. The van der Waals surface area contributed by atoms with E-state index < -0.39 is 0 Å². The van der Waals surface area contributed by atoms with Gasteiger partial charge >= 0.3 is 0 Å². The molecule has 6 nitrogen and oxygen atoms in total. The third kappa shape index (κ3) is 2.97.